The van der Waals surface area contributed by atoms with Crippen LogP contribution in [0.2, 0.25) is 0 Å². The Labute approximate surface area is 217 Å². The Morgan fingerprint density at radius 2 is 1.34 bits per heavy atom. The third-order valence-corrected chi connectivity index (χ3v) is 8.98. The van der Waals surface area contributed by atoms with E-state index in [2.05, 4.69) is 37.3 Å². The molecule has 0 N–H and O–H groups in total. The van der Waals surface area contributed by atoms with Crippen molar-refractivity contribution >= 4 is 0 Å². The van der Waals surface area contributed by atoms with Gasteiger partial charge in [-0.05, 0) is 86.2 Å². The number of rotatable bonds is 14. The smallest absolute Gasteiger partial charge is 0.0912 e. The first-order chi connectivity index (χ1) is 17.3. The summed E-state index contributed by atoms with van der Waals surface area (Å²) in [7, 11) is 0. The second kappa shape index (κ2) is 16.8. The predicted octanol–water partition coefficient (Wildman–Crippen LogP) is 10.5. The summed E-state index contributed by atoms with van der Waals surface area (Å²) in [6, 6.07) is 11.8. The molecule has 0 bridgehead atoms. The SMILES string of the molecule is CCCCCCCc1ccc([C@H]2CC[C@H](CC[C@H]3CC[C@H](CCC=CC=CC#N)CC3)CC2)cc1. The van der Waals surface area contributed by atoms with Crippen LogP contribution in [0.5, 0.6) is 0 Å². The van der Waals surface area contributed by atoms with E-state index in [9.17, 15) is 0 Å². The average molecular weight is 474 g/mol. The van der Waals surface area contributed by atoms with E-state index in [1.807, 2.05) is 18.2 Å². The van der Waals surface area contributed by atoms with E-state index in [0.717, 1.165) is 30.1 Å². The number of nitriles is 1. The Balaban J connectivity index is 1.26. The molecular weight excluding hydrogens is 422 g/mol. The number of aryl methyl sites for hydroxylation is 1. The van der Waals surface area contributed by atoms with Crippen LogP contribution >= 0.6 is 0 Å². The molecule has 1 heteroatoms. The van der Waals surface area contributed by atoms with Gasteiger partial charge in [-0.2, -0.15) is 5.26 Å². The number of allylic oxidation sites excluding steroid dienone is 4. The summed E-state index contributed by atoms with van der Waals surface area (Å²) < 4.78 is 0. The maximum Gasteiger partial charge on any atom is 0.0912 e. The van der Waals surface area contributed by atoms with Crippen LogP contribution in [0.4, 0.5) is 0 Å². The van der Waals surface area contributed by atoms with Gasteiger partial charge < -0.3 is 0 Å². The van der Waals surface area contributed by atoms with E-state index >= 15 is 0 Å². The van der Waals surface area contributed by atoms with E-state index in [4.69, 9.17) is 5.26 Å². The molecule has 0 spiro atoms. The molecule has 0 saturated heterocycles. The highest BCUT2D eigenvalue weighted by Crippen LogP contribution is 2.40. The fraction of sp³-hybridized carbons (Fsp3) is 0.676. The summed E-state index contributed by atoms with van der Waals surface area (Å²) in [5, 5.41) is 8.51. The standard InChI is InChI=1S/C34H51N/c1-2-3-4-6-9-13-30-20-24-33(25-21-30)34-26-22-32(23-27-34)19-18-31-16-14-29(15-17-31)12-10-7-5-8-11-28-35/h5,7-8,11,20-21,24-25,29,31-32,34H,2-4,6,9-10,12-19,22-23,26-27H2,1H3/t29-,31-,32-,34-. The van der Waals surface area contributed by atoms with Crippen LogP contribution < -0.4 is 0 Å². The minimum absolute atomic E-state index is 0.810. The van der Waals surface area contributed by atoms with E-state index in [1.165, 1.54) is 115 Å². The Bertz CT molecular complexity index is 764. The first-order valence-corrected chi connectivity index (χ1v) is 15.1. The van der Waals surface area contributed by atoms with Crippen molar-refractivity contribution in [1.29, 1.82) is 5.26 Å². The molecule has 192 valence electrons. The van der Waals surface area contributed by atoms with E-state index in [-0.39, 0.29) is 0 Å². The molecular formula is C34H51N. The van der Waals surface area contributed by atoms with Crippen LogP contribution in [0.25, 0.3) is 0 Å². The average Bonchev–Trinajstić information content (AvgIpc) is 2.91. The van der Waals surface area contributed by atoms with Crippen LogP contribution in [0.3, 0.4) is 0 Å². The second-order valence-electron chi connectivity index (χ2n) is 11.6. The minimum Gasteiger partial charge on any atom is -0.193 e. The Kier molecular flexibility index (Phi) is 13.3. The van der Waals surface area contributed by atoms with Gasteiger partial charge >= 0.3 is 0 Å². The van der Waals surface area contributed by atoms with Gasteiger partial charge in [0.25, 0.3) is 0 Å². The molecule has 0 amide bonds. The van der Waals surface area contributed by atoms with Crippen LogP contribution in [0.15, 0.2) is 48.6 Å². The zero-order valence-corrected chi connectivity index (χ0v) is 22.6. The van der Waals surface area contributed by atoms with Crippen LogP contribution in [0, 0.1) is 29.1 Å². The Morgan fingerprint density at radius 1 is 0.743 bits per heavy atom. The highest BCUT2D eigenvalue weighted by molar-refractivity contribution is 5.26. The Morgan fingerprint density at radius 3 is 1.97 bits per heavy atom. The summed E-state index contributed by atoms with van der Waals surface area (Å²) in [5.74, 6) is 3.72. The quantitative estimate of drug-likeness (QED) is 0.150. The lowest BCUT2D eigenvalue weighted by atomic mass is 9.74. The maximum atomic E-state index is 8.51. The van der Waals surface area contributed by atoms with Crippen molar-refractivity contribution in [3.63, 3.8) is 0 Å². The van der Waals surface area contributed by atoms with Gasteiger partial charge in [-0.3, -0.25) is 0 Å². The third kappa shape index (κ3) is 10.8. The number of hydrogen-bond donors (Lipinski definition) is 0. The van der Waals surface area contributed by atoms with E-state index < -0.39 is 0 Å². The topological polar surface area (TPSA) is 23.8 Å². The largest absolute Gasteiger partial charge is 0.193 e. The second-order valence-corrected chi connectivity index (χ2v) is 11.6. The van der Waals surface area contributed by atoms with Crippen molar-refractivity contribution in [2.75, 3.05) is 0 Å². The molecule has 1 nitrogen and oxygen atoms in total. The van der Waals surface area contributed by atoms with Gasteiger partial charge in [0, 0.05) is 6.08 Å². The highest BCUT2D eigenvalue weighted by Gasteiger charge is 2.25. The summed E-state index contributed by atoms with van der Waals surface area (Å²) in [6.45, 7) is 2.29. The van der Waals surface area contributed by atoms with Crippen LogP contribution in [0.1, 0.15) is 133 Å². The van der Waals surface area contributed by atoms with E-state index in [0.29, 0.717) is 0 Å². The monoisotopic (exact) mass is 473 g/mol. The van der Waals surface area contributed by atoms with Gasteiger partial charge in [0.2, 0.25) is 0 Å². The molecule has 2 aliphatic carbocycles. The van der Waals surface area contributed by atoms with Crippen molar-refractivity contribution in [3.05, 3.63) is 59.7 Å². The molecule has 0 unspecified atom stereocenters. The van der Waals surface area contributed by atoms with Gasteiger partial charge in [-0.1, -0.05) is 114 Å². The zero-order valence-electron chi connectivity index (χ0n) is 22.6. The predicted molar refractivity (Wildman–Crippen MR) is 151 cm³/mol. The van der Waals surface area contributed by atoms with Crippen molar-refractivity contribution in [3.8, 4) is 6.07 Å². The lowest BCUT2D eigenvalue weighted by Gasteiger charge is -2.32. The number of hydrogen-bond acceptors (Lipinski definition) is 1. The molecule has 1 aromatic rings. The normalized spacial score (nSPS) is 25.3. The van der Waals surface area contributed by atoms with Gasteiger partial charge in [0.05, 0.1) is 6.07 Å². The summed E-state index contributed by atoms with van der Waals surface area (Å²) >= 11 is 0. The Hall–Kier alpha value is -1.81. The number of benzene rings is 1. The lowest BCUT2D eigenvalue weighted by Crippen LogP contribution is -2.17. The van der Waals surface area contributed by atoms with Crippen molar-refractivity contribution < 1.29 is 0 Å². The summed E-state index contributed by atoms with van der Waals surface area (Å²) in [6.07, 6.45) is 32.7. The lowest BCUT2D eigenvalue weighted by molar-refractivity contribution is 0.225. The van der Waals surface area contributed by atoms with Gasteiger partial charge in [-0.15, -0.1) is 0 Å². The highest BCUT2D eigenvalue weighted by atomic mass is 14.3. The van der Waals surface area contributed by atoms with Crippen molar-refractivity contribution in [2.45, 2.75) is 128 Å². The molecule has 0 heterocycles. The third-order valence-electron chi connectivity index (χ3n) is 8.98. The van der Waals surface area contributed by atoms with Crippen molar-refractivity contribution in [2.24, 2.45) is 17.8 Å². The molecule has 0 aliphatic heterocycles. The van der Waals surface area contributed by atoms with Gasteiger partial charge in [-0.25, -0.2) is 0 Å². The first-order valence-electron chi connectivity index (χ1n) is 15.1. The van der Waals surface area contributed by atoms with Gasteiger partial charge in [0.15, 0.2) is 0 Å². The minimum atomic E-state index is 0.810. The first kappa shape index (κ1) is 27.8. The van der Waals surface area contributed by atoms with Crippen LogP contribution in [-0.2, 0) is 6.42 Å². The van der Waals surface area contributed by atoms with Gasteiger partial charge in [0.1, 0.15) is 0 Å². The fourth-order valence-electron chi connectivity index (χ4n) is 6.56. The number of unbranched alkanes of at least 4 members (excludes halogenated alkanes) is 4. The zero-order chi connectivity index (χ0) is 24.6. The van der Waals surface area contributed by atoms with Crippen LogP contribution in [-0.4, -0.2) is 0 Å². The molecule has 2 saturated carbocycles. The van der Waals surface area contributed by atoms with E-state index in [1.54, 1.807) is 11.6 Å². The summed E-state index contributed by atoms with van der Waals surface area (Å²) in [5.41, 5.74) is 3.14. The molecule has 0 aromatic heterocycles. The molecule has 1 aromatic carbocycles. The molecule has 0 radical (unpaired) electrons. The maximum absolute atomic E-state index is 8.51. The number of nitrogens with zero attached hydrogens (tertiary/aromatic N) is 1. The molecule has 3 rings (SSSR count). The molecule has 0 atom stereocenters. The fourth-order valence-corrected chi connectivity index (χ4v) is 6.56. The summed E-state index contributed by atoms with van der Waals surface area (Å²) in [4.78, 5) is 0. The molecule has 2 fully saturated rings. The molecule has 2 aliphatic rings. The molecule has 35 heavy (non-hydrogen) atoms. The van der Waals surface area contributed by atoms with Crippen molar-refractivity contribution in [1.82, 2.24) is 0 Å².